The second kappa shape index (κ2) is 2.43. The molecule has 0 radical (unpaired) electrons. The van der Waals surface area contributed by atoms with Gasteiger partial charge in [0.25, 0.3) is 0 Å². The smallest absolute Gasteiger partial charge is 0.212 e. The lowest BCUT2D eigenvalue weighted by Crippen LogP contribution is -2.40. The number of hydrogen-bond donors (Lipinski definition) is 0. The Morgan fingerprint density at radius 3 is 2.53 bits per heavy atom. The van der Waals surface area contributed by atoms with Crippen LogP contribution in [0, 0.1) is 16.7 Å². The van der Waals surface area contributed by atoms with Gasteiger partial charge in [-0.05, 0) is 30.6 Å². The molecule has 0 N–H and O–H groups in total. The first kappa shape index (κ1) is 10.1. The number of nitrogens with zero attached hydrogens (tertiary/aromatic N) is 1. The maximum atomic E-state index is 12.0. The molecule has 2 saturated carbocycles. The summed E-state index contributed by atoms with van der Waals surface area (Å²) in [5.74, 6) is 1.13. The van der Waals surface area contributed by atoms with Gasteiger partial charge in [0.1, 0.15) is 0 Å². The number of sulfonamides is 1. The van der Waals surface area contributed by atoms with E-state index in [4.69, 9.17) is 0 Å². The monoisotopic (exact) mass is 229 g/mol. The highest BCUT2D eigenvalue weighted by atomic mass is 32.2. The maximum absolute atomic E-state index is 12.0. The second-order valence-electron chi connectivity index (χ2n) is 6.14. The Labute approximate surface area is 91.9 Å². The van der Waals surface area contributed by atoms with Gasteiger partial charge in [0.05, 0.1) is 5.75 Å². The van der Waals surface area contributed by atoms with E-state index < -0.39 is 10.0 Å². The zero-order valence-corrected chi connectivity index (χ0v) is 10.5. The standard InChI is InChI=1S/C11H19NO2S/c1-10(2)8-4-5-11(10)7-15(13,14)12(3)9(11)6-8/h8-9H,4-7H2,1-3H3/t8-,9?,11+/m1/s1. The van der Waals surface area contributed by atoms with E-state index in [0.717, 1.165) is 18.8 Å². The molecule has 86 valence electrons. The first-order valence-electron chi connectivity index (χ1n) is 5.77. The summed E-state index contributed by atoms with van der Waals surface area (Å²) in [6.07, 6.45) is 3.43. The Morgan fingerprint density at radius 1 is 1.33 bits per heavy atom. The van der Waals surface area contributed by atoms with Gasteiger partial charge in [-0.3, -0.25) is 0 Å². The molecule has 2 bridgehead atoms. The third-order valence-electron chi connectivity index (χ3n) is 5.71. The molecule has 2 aliphatic carbocycles. The molecule has 15 heavy (non-hydrogen) atoms. The highest BCUT2D eigenvalue weighted by molar-refractivity contribution is 7.89. The Balaban J connectivity index is 2.16. The van der Waals surface area contributed by atoms with E-state index in [1.165, 1.54) is 6.42 Å². The fourth-order valence-corrected chi connectivity index (χ4v) is 6.74. The van der Waals surface area contributed by atoms with Crippen molar-refractivity contribution < 1.29 is 8.42 Å². The molecule has 0 aromatic heterocycles. The largest absolute Gasteiger partial charge is 0.214 e. The highest BCUT2D eigenvalue weighted by Crippen LogP contribution is 2.69. The summed E-state index contributed by atoms with van der Waals surface area (Å²) in [4.78, 5) is 0. The van der Waals surface area contributed by atoms with Crippen molar-refractivity contribution >= 4 is 10.0 Å². The number of rotatable bonds is 0. The van der Waals surface area contributed by atoms with Crippen LogP contribution in [-0.4, -0.2) is 31.6 Å². The van der Waals surface area contributed by atoms with Crippen LogP contribution in [0.5, 0.6) is 0 Å². The van der Waals surface area contributed by atoms with Crippen LogP contribution in [0.3, 0.4) is 0 Å². The van der Waals surface area contributed by atoms with Crippen LogP contribution in [-0.2, 0) is 10.0 Å². The van der Waals surface area contributed by atoms with Gasteiger partial charge in [-0.1, -0.05) is 13.8 Å². The van der Waals surface area contributed by atoms with E-state index in [1.54, 1.807) is 11.4 Å². The lowest BCUT2D eigenvalue weighted by Gasteiger charge is -2.36. The summed E-state index contributed by atoms with van der Waals surface area (Å²) in [7, 11) is -1.20. The average Bonchev–Trinajstić information content (AvgIpc) is 2.56. The SMILES string of the molecule is CN1C2C[C@H]3CC[C@@]2(CS1(=O)=O)C3(C)C. The molecule has 4 heteroatoms. The average molecular weight is 229 g/mol. The Morgan fingerprint density at radius 2 is 2.00 bits per heavy atom. The molecule has 1 heterocycles. The second-order valence-corrected chi connectivity index (χ2v) is 8.17. The van der Waals surface area contributed by atoms with E-state index in [0.29, 0.717) is 5.75 Å². The lowest BCUT2D eigenvalue weighted by molar-refractivity contribution is 0.121. The molecule has 1 spiro atoms. The van der Waals surface area contributed by atoms with Gasteiger partial charge in [0.2, 0.25) is 10.0 Å². The number of hydrogen-bond acceptors (Lipinski definition) is 2. The van der Waals surface area contributed by atoms with Crippen molar-refractivity contribution in [3.63, 3.8) is 0 Å². The minimum atomic E-state index is -2.97. The molecule has 0 amide bonds. The lowest BCUT2D eigenvalue weighted by atomic mass is 9.69. The van der Waals surface area contributed by atoms with E-state index in [9.17, 15) is 8.42 Å². The fourth-order valence-electron chi connectivity index (χ4n) is 4.50. The minimum Gasteiger partial charge on any atom is -0.212 e. The molecule has 3 fully saturated rings. The van der Waals surface area contributed by atoms with Gasteiger partial charge in [0, 0.05) is 18.5 Å². The predicted octanol–water partition coefficient (Wildman–Crippen LogP) is 1.46. The predicted molar refractivity (Wildman–Crippen MR) is 58.9 cm³/mol. The zero-order valence-electron chi connectivity index (χ0n) is 9.66. The molecule has 0 aromatic rings. The van der Waals surface area contributed by atoms with E-state index in [2.05, 4.69) is 13.8 Å². The van der Waals surface area contributed by atoms with E-state index in [1.807, 2.05) is 0 Å². The van der Waals surface area contributed by atoms with Crippen LogP contribution >= 0.6 is 0 Å². The Kier molecular flexibility index (Phi) is 1.63. The fraction of sp³-hybridized carbons (Fsp3) is 1.00. The Hall–Kier alpha value is -0.0900. The molecular weight excluding hydrogens is 210 g/mol. The Bertz CT molecular complexity index is 414. The first-order valence-corrected chi connectivity index (χ1v) is 7.38. The molecule has 1 aliphatic heterocycles. The van der Waals surface area contributed by atoms with Crippen molar-refractivity contribution in [2.45, 2.75) is 39.2 Å². The first-order chi connectivity index (χ1) is 6.81. The van der Waals surface area contributed by atoms with E-state index in [-0.39, 0.29) is 16.9 Å². The molecule has 3 nitrogen and oxygen atoms in total. The third kappa shape index (κ3) is 0.897. The van der Waals surface area contributed by atoms with E-state index >= 15 is 0 Å². The van der Waals surface area contributed by atoms with Gasteiger partial charge in [-0.2, -0.15) is 0 Å². The van der Waals surface area contributed by atoms with Gasteiger partial charge in [0.15, 0.2) is 0 Å². The zero-order chi connectivity index (χ0) is 11.1. The molecular formula is C11H19NO2S. The summed E-state index contributed by atoms with van der Waals surface area (Å²) in [6.45, 7) is 4.55. The van der Waals surface area contributed by atoms with Crippen molar-refractivity contribution in [3.8, 4) is 0 Å². The molecule has 1 unspecified atom stereocenters. The summed E-state index contributed by atoms with van der Waals surface area (Å²) in [6, 6.07) is 0.288. The molecule has 3 atom stereocenters. The van der Waals surface area contributed by atoms with Crippen LogP contribution in [0.25, 0.3) is 0 Å². The maximum Gasteiger partial charge on any atom is 0.214 e. The topological polar surface area (TPSA) is 37.4 Å². The van der Waals surface area contributed by atoms with Crippen LogP contribution in [0.4, 0.5) is 0 Å². The minimum absolute atomic E-state index is 0.0608. The normalized spacial score (nSPS) is 50.9. The van der Waals surface area contributed by atoms with Crippen LogP contribution < -0.4 is 0 Å². The molecule has 3 aliphatic rings. The van der Waals surface area contributed by atoms with Crippen molar-refractivity contribution in [2.24, 2.45) is 16.7 Å². The quantitative estimate of drug-likeness (QED) is 0.630. The van der Waals surface area contributed by atoms with Crippen molar-refractivity contribution in [2.75, 3.05) is 12.8 Å². The molecule has 0 aromatic carbocycles. The summed E-state index contributed by atoms with van der Waals surface area (Å²) >= 11 is 0. The summed E-state index contributed by atoms with van der Waals surface area (Å²) in [5.41, 5.74) is 0.279. The molecule has 3 rings (SSSR count). The van der Waals surface area contributed by atoms with Gasteiger partial charge >= 0.3 is 0 Å². The van der Waals surface area contributed by atoms with Crippen molar-refractivity contribution in [1.82, 2.24) is 4.31 Å². The van der Waals surface area contributed by atoms with Crippen LogP contribution in [0.1, 0.15) is 33.1 Å². The highest BCUT2D eigenvalue weighted by Gasteiger charge is 2.70. The van der Waals surface area contributed by atoms with Gasteiger partial charge < -0.3 is 0 Å². The van der Waals surface area contributed by atoms with Crippen LogP contribution in [0.2, 0.25) is 0 Å². The third-order valence-corrected chi connectivity index (χ3v) is 7.72. The van der Waals surface area contributed by atoms with Gasteiger partial charge in [-0.25, -0.2) is 12.7 Å². The number of fused-ring (bicyclic) bond motifs is 1. The van der Waals surface area contributed by atoms with Crippen LogP contribution in [0.15, 0.2) is 0 Å². The summed E-state index contributed by atoms with van der Waals surface area (Å²) < 4.78 is 25.6. The molecule has 1 saturated heterocycles. The van der Waals surface area contributed by atoms with Crippen molar-refractivity contribution in [3.05, 3.63) is 0 Å². The van der Waals surface area contributed by atoms with Crippen molar-refractivity contribution in [1.29, 1.82) is 0 Å². The van der Waals surface area contributed by atoms with Gasteiger partial charge in [-0.15, -0.1) is 0 Å². The summed E-state index contributed by atoms with van der Waals surface area (Å²) in [5, 5.41) is 0.